The van der Waals surface area contributed by atoms with Gasteiger partial charge in [-0.3, -0.25) is 4.79 Å². The van der Waals surface area contributed by atoms with Gasteiger partial charge in [0.25, 0.3) is 0 Å². The number of thiazole rings is 1. The number of nitrogens with zero attached hydrogens (tertiary/aromatic N) is 2. The van der Waals surface area contributed by atoms with Gasteiger partial charge in [0.2, 0.25) is 5.91 Å². The molecule has 0 aliphatic carbocycles. The molecule has 0 bridgehead atoms. The first kappa shape index (κ1) is 14.1. The summed E-state index contributed by atoms with van der Waals surface area (Å²) in [6.07, 6.45) is 1.61. The van der Waals surface area contributed by atoms with E-state index in [1.807, 2.05) is 19.2 Å². The van der Waals surface area contributed by atoms with Crippen LogP contribution in [-0.4, -0.2) is 28.4 Å². The molecule has 17 heavy (non-hydrogen) atoms. The Bertz CT molecular complexity index is 387. The summed E-state index contributed by atoms with van der Waals surface area (Å²) in [5.74, 6) is -0.0231. The Morgan fingerprint density at radius 1 is 1.65 bits per heavy atom. The van der Waals surface area contributed by atoms with Gasteiger partial charge in [-0.1, -0.05) is 13.3 Å². The van der Waals surface area contributed by atoms with Crippen molar-refractivity contribution in [2.75, 3.05) is 7.05 Å². The van der Waals surface area contributed by atoms with E-state index in [2.05, 4.69) is 4.98 Å². The molecule has 0 spiro atoms. The minimum Gasteiger partial charge on any atom is -0.338 e. The first-order chi connectivity index (χ1) is 7.86. The largest absolute Gasteiger partial charge is 0.338 e. The van der Waals surface area contributed by atoms with Crippen LogP contribution in [-0.2, 0) is 11.3 Å². The first-order valence-electron chi connectivity index (χ1n) is 5.82. The van der Waals surface area contributed by atoms with Crippen LogP contribution >= 0.6 is 11.3 Å². The lowest BCUT2D eigenvalue weighted by atomic mass is 9.96. The monoisotopic (exact) mass is 255 g/mol. The number of likely N-dealkylation sites (N-methyl/N-ethyl adjacent to an activating group) is 1. The van der Waals surface area contributed by atoms with Crippen molar-refractivity contribution < 1.29 is 4.79 Å². The fourth-order valence-corrected chi connectivity index (χ4v) is 2.46. The maximum absolute atomic E-state index is 12.1. The number of hydrogen-bond donors (Lipinski definition) is 1. The molecule has 0 saturated carbocycles. The lowest BCUT2D eigenvalue weighted by Gasteiger charge is -2.28. The molecule has 4 nitrogen and oxygen atoms in total. The number of carbonyl (C=O) groups excluding carboxylic acids is 1. The van der Waals surface area contributed by atoms with Gasteiger partial charge in [0.05, 0.1) is 22.8 Å². The van der Waals surface area contributed by atoms with E-state index < -0.39 is 5.54 Å². The van der Waals surface area contributed by atoms with E-state index in [0.29, 0.717) is 13.0 Å². The fourth-order valence-electron chi connectivity index (χ4n) is 1.86. The minimum absolute atomic E-state index is 0.0231. The molecule has 1 atom stereocenters. The molecular formula is C12H21N3OS. The molecule has 1 heterocycles. The van der Waals surface area contributed by atoms with E-state index in [-0.39, 0.29) is 5.91 Å². The highest BCUT2D eigenvalue weighted by Crippen LogP contribution is 2.15. The Labute approximate surface area is 107 Å². The summed E-state index contributed by atoms with van der Waals surface area (Å²) in [5, 5.41) is 3.00. The van der Waals surface area contributed by atoms with Gasteiger partial charge in [0.1, 0.15) is 0 Å². The third-order valence-electron chi connectivity index (χ3n) is 2.67. The molecule has 0 aliphatic rings. The lowest BCUT2D eigenvalue weighted by molar-refractivity contribution is -0.135. The molecule has 1 aromatic rings. The molecule has 0 fully saturated rings. The van der Waals surface area contributed by atoms with E-state index >= 15 is 0 Å². The Hall–Kier alpha value is -0.940. The van der Waals surface area contributed by atoms with Gasteiger partial charge in [-0.15, -0.1) is 11.3 Å². The molecule has 1 rings (SSSR count). The van der Waals surface area contributed by atoms with Crippen molar-refractivity contribution in [3.63, 3.8) is 0 Å². The van der Waals surface area contributed by atoms with Crippen LogP contribution in [0.1, 0.15) is 37.4 Å². The van der Waals surface area contributed by atoms with Gasteiger partial charge < -0.3 is 10.6 Å². The Kier molecular flexibility index (Phi) is 4.65. The first-order valence-corrected chi connectivity index (χ1v) is 6.70. The summed E-state index contributed by atoms with van der Waals surface area (Å²) >= 11 is 1.60. The van der Waals surface area contributed by atoms with Gasteiger partial charge in [-0.2, -0.15) is 0 Å². The molecule has 0 saturated heterocycles. The van der Waals surface area contributed by atoms with E-state index in [0.717, 1.165) is 17.1 Å². The second-order valence-electron chi connectivity index (χ2n) is 4.69. The molecule has 0 aromatic carbocycles. The molecule has 1 amide bonds. The zero-order valence-electron chi connectivity index (χ0n) is 11.0. The van der Waals surface area contributed by atoms with E-state index in [1.54, 1.807) is 30.2 Å². The van der Waals surface area contributed by atoms with Crippen LogP contribution in [0.2, 0.25) is 0 Å². The number of aromatic nitrogens is 1. The topological polar surface area (TPSA) is 59.2 Å². The lowest BCUT2D eigenvalue weighted by Crippen LogP contribution is -2.51. The highest BCUT2D eigenvalue weighted by molar-refractivity contribution is 7.09. The van der Waals surface area contributed by atoms with Gasteiger partial charge in [-0.05, 0) is 20.3 Å². The van der Waals surface area contributed by atoms with Crippen molar-refractivity contribution in [1.82, 2.24) is 9.88 Å². The summed E-state index contributed by atoms with van der Waals surface area (Å²) < 4.78 is 0. The zero-order chi connectivity index (χ0) is 13.1. The van der Waals surface area contributed by atoms with Crippen molar-refractivity contribution in [1.29, 1.82) is 0 Å². The second-order valence-corrected chi connectivity index (χ2v) is 5.75. The molecule has 2 N–H and O–H groups in total. The van der Waals surface area contributed by atoms with Crippen LogP contribution in [0, 0.1) is 6.92 Å². The number of nitrogens with two attached hydrogens (primary N) is 1. The van der Waals surface area contributed by atoms with Crippen molar-refractivity contribution in [3.8, 4) is 0 Å². The molecule has 0 radical (unpaired) electrons. The quantitative estimate of drug-likeness (QED) is 0.874. The van der Waals surface area contributed by atoms with Crippen LogP contribution in [0.4, 0.5) is 0 Å². The maximum atomic E-state index is 12.1. The van der Waals surface area contributed by atoms with Crippen molar-refractivity contribution in [2.24, 2.45) is 5.73 Å². The summed E-state index contributed by atoms with van der Waals surface area (Å²) in [5.41, 5.74) is 6.18. The van der Waals surface area contributed by atoms with Crippen LogP contribution in [0.25, 0.3) is 0 Å². The van der Waals surface area contributed by atoms with Crippen LogP contribution in [0.15, 0.2) is 5.38 Å². The maximum Gasteiger partial charge on any atom is 0.242 e. The van der Waals surface area contributed by atoms with Gasteiger partial charge in [0.15, 0.2) is 0 Å². The predicted molar refractivity (Wildman–Crippen MR) is 70.8 cm³/mol. The van der Waals surface area contributed by atoms with E-state index in [4.69, 9.17) is 5.73 Å². The van der Waals surface area contributed by atoms with Crippen LogP contribution in [0.3, 0.4) is 0 Å². The number of hydrogen-bond acceptors (Lipinski definition) is 4. The third kappa shape index (κ3) is 3.78. The number of rotatable bonds is 5. The van der Waals surface area contributed by atoms with E-state index in [9.17, 15) is 4.79 Å². The zero-order valence-corrected chi connectivity index (χ0v) is 11.8. The highest BCUT2D eigenvalue weighted by atomic mass is 32.1. The summed E-state index contributed by atoms with van der Waals surface area (Å²) in [4.78, 5) is 18.1. The second kappa shape index (κ2) is 5.60. The van der Waals surface area contributed by atoms with Gasteiger partial charge >= 0.3 is 0 Å². The molecule has 96 valence electrons. The van der Waals surface area contributed by atoms with Crippen molar-refractivity contribution >= 4 is 17.2 Å². The van der Waals surface area contributed by atoms with E-state index in [1.165, 1.54) is 0 Å². The summed E-state index contributed by atoms with van der Waals surface area (Å²) in [7, 11) is 1.78. The average Bonchev–Trinajstić information content (AvgIpc) is 2.62. The SMILES string of the molecule is CCCC(C)(N)C(=O)N(C)Cc1csc(C)n1. The summed E-state index contributed by atoms with van der Waals surface area (Å²) in [6.45, 7) is 6.31. The Morgan fingerprint density at radius 2 is 2.29 bits per heavy atom. The number of amides is 1. The number of aryl methyl sites for hydroxylation is 1. The van der Waals surface area contributed by atoms with Crippen molar-refractivity contribution in [2.45, 2.75) is 45.7 Å². The highest BCUT2D eigenvalue weighted by Gasteiger charge is 2.30. The van der Waals surface area contributed by atoms with Crippen LogP contribution < -0.4 is 5.73 Å². The predicted octanol–water partition coefficient (Wildman–Crippen LogP) is 1.93. The normalized spacial score (nSPS) is 14.4. The van der Waals surface area contributed by atoms with Gasteiger partial charge in [0, 0.05) is 12.4 Å². The van der Waals surface area contributed by atoms with Gasteiger partial charge in [-0.25, -0.2) is 4.98 Å². The summed E-state index contributed by atoms with van der Waals surface area (Å²) in [6, 6.07) is 0. The fraction of sp³-hybridized carbons (Fsp3) is 0.667. The average molecular weight is 255 g/mol. The minimum atomic E-state index is -0.769. The molecule has 1 unspecified atom stereocenters. The standard InChI is InChI=1S/C12H21N3OS/c1-5-6-12(3,13)11(16)15(4)7-10-8-17-9(2)14-10/h8H,5-7,13H2,1-4H3. The Morgan fingerprint density at radius 3 is 2.76 bits per heavy atom. The smallest absolute Gasteiger partial charge is 0.242 e. The molecule has 1 aromatic heterocycles. The molecule has 0 aliphatic heterocycles. The Balaban J connectivity index is 2.64. The third-order valence-corrected chi connectivity index (χ3v) is 3.49. The van der Waals surface area contributed by atoms with Crippen molar-refractivity contribution in [3.05, 3.63) is 16.1 Å². The molecular weight excluding hydrogens is 234 g/mol. The number of carbonyl (C=O) groups is 1. The molecule has 5 heteroatoms. The van der Waals surface area contributed by atoms with Crippen LogP contribution in [0.5, 0.6) is 0 Å².